The molecule has 154 valence electrons. The first-order valence-corrected chi connectivity index (χ1v) is 8.80. The number of halogens is 1. The van der Waals surface area contributed by atoms with Crippen molar-refractivity contribution >= 4 is 11.8 Å². The van der Waals surface area contributed by atoms with Gasteiger partial charge in [-0.3, -0.25) is 14.4 Å². The van der Waals surface area contributed by atoms with Gasteiger partial charge in [0.1, 0.15) is 17.6 Å². The summed E-state index contributed by atoms with van der Waals surface area (Å²) >= 11 is 0. The van der Waals surface area contributed by atoms with Gasteiger partial charge in [-0.05, 0) is 17.7 Å². The Balaban J connectivity index is 1.87. The van der Waals surface area contributed by atoms with Crippen molar-refractivity contribution in [3.05, 3.63) is 63.3 Å². The molecule has 1 aromatic carbocycles. The first-order valence-electron chi connectivity index (χ1n) is 8.80. The lowest BCUT2D eigenvalue weighted by Crippen LogP contribution is -2.46. The molecule has 1 unspecified atom stereocenters. The Morgan fingerprint density at radius 2 is 2.00 bits per heavy atom. The summed E-state index contributed by atoms with van der Waals surface area (Å²) in [6, 6.07) is 5.42. The highest BCUT2D eigenvalue weighted by Crippen LogP contribution is 2.25. The molecule has 29 heavy (non-hydrogen) atoms. The standard InChI is InChI=1S/C19H20FN3O6/c1-29-7-6-22-10-14(24)23-9-13(16(25)17(26)15(23)19(22)28)18(27)21-8-11-2-4-12(20)5-3-11/h2-5,9,14,24,26H,6-8,10H2,1H3,(H,21,27). The fraction of sp³-hybridized carbons (Fsp3) is 0.316. The van der Waals surface area contributed by atoms with Gasteiger partial charge in [-0.1, -0.05) is 12.1 Å². The number of amides is 2. The van der Waals surface area contributed by atoms with Crippen LogP contribution < -0.4 is 10.7 Å². The van der Waals surface area contributed by atoms with Crippen LogP contribution in [0, 0.1) is 5.82 Å². The molecule has 2 heterocycles. The number of nitrogens with one attached hydrogen (secondary N) is 1. The summed E-state index contributed by atoms with van der Waals surface area (Å²) in [5.74, 6) is -2.78. The number of hydrogen-bond acceptors (Lipinski definition) is 6. The van der Waals surface area contributed by atoms with E-state index in [2.05, 4.69) is 5.32 Å². The fourth-order valence-electron chi connectivity index (χ4n) is 3.02. The zero-order valence-electron chi connectivity index (χ0n) is 15.6. The molecule has 0 fully saturated rings. The summed E-state index contributed by atoms with van der Waals surface area (Å²) in [5, 5.41) is 23.1. The van der Waals surface area contributed by atoms with Gasteiger partial charge in [0, 0.05) is 26.4 Å². The number of aliphatic hydroxyl groups is 1. The second-order valence-electron chi connectivity index (χ2n) is 6.51. The summed E-state index contributed by atoms with van der Waals surface area (Å²) < 4.78 is 18.9. The highest BCUT2D eigenvalue weighted by Gasteiger charge is 2.34. The maximum absolute atomic E-state index is 13.0. The van der Waals surface area contributed by atoms with Gasteiger partial charge in [-0.15, -0.1) is 0 Å². The van der Waals surface area contributed by atoms with Crippen molar-refractivity contribution in [3.63, 3.8) is 0 Å². The number of carbonyl (C=O) groups excluding carboxylic acids is 2. The van der Waals surface area contributed by atoms with Gasteiger partial charge < -0.3 is 29.7 Å². The molecule has 1 aromatic heterocycles. The third kappa shape index (κ3) is 4.13. The molecular weight excluding hydrogens is 385 g/mol. The third-order valence-corrected chi connectivity index (χ3v) is 4.58. The predicted molar refractivity (Wildman–Crippen MR) is 99.0 cm³/mol. The van der Waals surface area contributed by atoms with Crippen LogP contribution in [-0.4, -0.2) is 58.3 Å². The van der Waals surface area contributed by atoms with Crippen LogP contribution in [0.1, 0.15) is 32.6 Å². The number of aromatic nitrogens is 1. The van der Waals surface area contributed by atoms with Crippen molar-refractivity contribution in [2.75, 3.05) is 26.8 Å². The molecule has 1 aliphatic heterocycles. The van der Waals surface area contributed by atoms with Crippen LogP contribution in [0.15, 0.2) is 35.3 Å². The Hall–Kier alpha value is -3.24. The summed E-state index contributed by atoms with van der Waals surface area (Å²) in [6.45, 7) is 0.314. The number of β-amino-alcohol motifs (C(OH)–C–C–N with tert-alkyl or cyclic N) is 1. The molecule has 3 N–H and O–H groups in total. The smallest absolute Gasteiger partial charge is 0.274 e. The zero-order chi connectivity index (χ0) is 21.1. The van der Waals surface area contributed by atoms with Gasteiger partial charge in [0.25, 0.3) is 11.8 Å². The zero-order valence-corrected chi connectivity index (χ0v) is 15.6. The second-order valence-corrected chi connectivity index (χ2v) is 6.51. The Morgan fingerprint density at radius 1 is 1.31 bits per heavy atom. The van der Waals surface area contributed by atoms with Crippen molar-refractivity contribution in [2.24, 2.45) is 0 Å². The number of ether oxygens (including phenoxy) is 1. The molecule has 2 amide bonds. The molecule has 3 rings (SSSR count). The predicted octanol–water partition coefficient (Wildman–Crippen LogP) is 0.216. The molecule has 0 bridgehead atoms. The topological polar surface area (TPSA) is 121 Å². The lowest BCUT2D eigenvalue weighted by molar-refractivity contribution is 0.0180. The average Bonchev–Trinajstić information content (AvgIpc) is 2.70. The molecule has 0 saturated carbocycles. The molecular formula is C19H20FN3O6. The number of aromatic hydroxyl groups is 1. The Kier molecular flexibility index (Phi) is 5.95. The number of benzene rings is 1. The van der Waals surface area contributed by atoms with E-state index in [4.69, 9.17) is 4.74 Å². The third-order valence-electron chi connectivity index (χ3n) is 4.58. The van der Waals surface area contributed by atoms with Crippen molar-refractivity contribution in [1.29, 1.82) is 0 Å². The second kappa shape index (κ2) is 8.41. The molecule has 9 nitrogen and oxygen atoms in total. The number of hydrogen-bond donors (Lipinski definition) is 3. The van der Waals surface area contributed by atoms with Gasteiger partial charge in [-0.25, -0.2) is 4.39 Å². The number of carbonyl (C=O) groups is 2. The van der Waals surface area contributed by atoms with Gasteiger partial charge in [0.2, 0.25) is 5.43 Å². The number of rotatable bonds is 6. The van der Waals surface area contributed by atoms with E-state index in [-0.39, 0.29) is 31.9 Å². The van der Waals surface area contributed by atoms with E-state index in [1.54, 1.807) is 0 Å². The minimum atomic E-state index is -1.25. The number of nitrogens with zero attached hydrogens (tertiary/aromatic N) is 2. The lowest BCUT2D eigenvalue weighted by atomic mass is 10.1. The molecule has 1 atom stereocenters. The highest BCUT2D eigenvalue weighted by atomic mass is 19.1. The van der Waals surface area contributed by atoms with E-state index in [1.165, 1.54) is 36.3 Å². The summed E-state index contributed by atoms with van der Waals surface area (Å²) in [4.78, 5) is 38.7. The number of aliphatic hydroxyl groups excluding tert-OH is 1. The van der Waals surface area contributed by atoms with Crippen molar-refractivity contribution in [1.82, 2.24) is 14.8 Å². The summed E-state index contributed by atoms with van der Waals surface area (Å²) in [6.07, 6.45) is -0.206. The van der Waals surface area contributed by atoms with Gasteiger partial charge in [-0.2, -0.15) is 0 Å². The van der Waals surface area contributed by atoms with E-state index >= 15 is 0 Å². The van der Waals surface area contributed by atoms with E-state index < -0.39 is 40.6 Å². The quantitative estimate of drug-likeness (QED) is 0.632. The SMILES string of the molecule is COCCN1CC(O)n2cc(C(=O)NCc3ccc(F)cc3)c(=O)c(O)c2C1=O. The Morgan fingerprint density at radius 3 is 2.66 bits per heavy atom. The first-order chi connectivity index (χ1) is 13.8. The van der Waals surface area contributed by atoms with E-state index in [0.29, 0.717) is 5.56 Å². The fourth-order valence-corrected chi connectivity index (χ4v) is 3.02. The number of methoxy groups -OCH3 is 1. The van der Waals surface area contributed by atoms with Crippen LogP contribution in [-0.2, 0) is 11.3 Å². The van der Waals surface area contributed by atoms with Crippen molar-refractivity contribution < 1.29 is 28.9 Å². The van der Waals surface area contributed by atoms with E-state index in [9.17, 15) is 29.0 Å². The van der Waals surface area contributed by atoms with Crippen LogP contribution in [0.4, 0.5) is 4.39 Å². The van der Waals surface area contributed by atoms with Gasteiger partial charge >= 0.3 is 0 Å². The largest absolute Gasteiger partial charge is 0.503 e. The Labute approximate surface area is 164 Å². The minimum absolute atomic E-state index is 0.0212. The average molecular weight is 405 g/mol. The molecule has 1 aliphatic rings. The number of pyridine rings is 1. The highest BCUT2D eigenvalue weighted by molar-refractivity contribution is 5.99. The van der Waals surface area contributed by atoms with Crippen LogP contribution >= 0.6 is 0 Å². The van der Waals surface area contributed by atoms with E-state index in [1.807, 2.05) is 0 Å². The summed E-state index contributed by atoms with van der Waals surface area (Å²) in [5.41, 5.74) is -1.24. The first kappa shape index (κ1) is 20.5. The normalized spacial score (nSPS) is 15.9. The van der Waals surface area contributed by atoms with Crippen molar-refractivity contribution in [3.8, 4) is 5.75 Å². The Bertz CT molecular complexity index is 989. The molecule has 0 spiro atoms. The maximum atomic E-state index is 13.0. The van der Waals surface area contributed by atoms with Crippen molar-refractivity contribution in [2.45, 2.75) is 12.8 Å². The van der Waals surface area contributed by atoms with Gasteiger partial charge in [0.05, 0.1) is 13.2 Å². The van der Waals surface area contributed by atoms with Crippen LogP contribution in [0.2, 0.25) is 0 Å². The molecule has 0 saturated heterocycles. The monoisotopic (exact) mass is 405 g/mol. The summed E-state index contributed by atoms with van der Waals surface area (Å²) in [7, 11) is 1.46. The molecule has 0 aliphatic carbocycles. The van der Waals surface area contributed by atoms with Crippen LogP contribution in [0.25, 0.3) is 0 Å². The maximum Gasteiger partial charge on any atom is 0.274 e. The van der Waals surface area contributed by atoms with E-state index in [0.717, 1.165) is 10.8 Å². The van der Waals surface area contributed by atoms with Crippen LogP contribution in [0.5, 0.6) is 5.75 Å². The lowest BCUT2D eigenvalue weighted by Gasteiger charge is -2.33. The number of fused-ring (bicyclic) bond motifs is 1. The molecule has 2 aromatic rings. The molecule has 0 radical (unpaired) electrons. The minimum Gasteiger partial charge on any atom is -0.503 e. The van der Waals surface area contributed by atoms with Gasteiger partial charge in [0.15, 0.2) is 11.4 Å². The van der Waals surface area contributed by atoms with Crippen LogP contribution in [0.3, 0.4) is 0 Å². The molecule has 10 heteroatoms.